The number of amides is 1. The summed E-state index contributed by atoms with van der Waals surface area (Å²) in [6.45, 7) is 1.69. The second-order valence-electron chi connectivity index (χ2n) is 5.41. The first-order valence-electron chi connectivity index (χ1n) is 7.19. The number of benzene rings is 1. The number of carbonyl (C=O) groups excluding carboxylic acids is 1. The van der Waals surface area contributed by atoms with E-state index in [-0.39, 0.29) is 17.0 Å². The molecule has 0 saturated heterocycles. The molecule has 1 aliphatic carbocycles. The summed E-state index contributed by atoms with van der Waals surface area (Å²) in [5.41, 5.74) is 0.610. The molecule has 23 heavy (non-hydrogen) atoms. The van der Waals surface area contributed by atoms with Crippen LogP contribution in [0.5, 0.6) is 5.75 Å². The molecule has 1 saturated carbocycles. The highest BCUT2D eigenvalue weighted by atomic mass is 16.5. The Labute approximate surface area is 132 Å². The third-order valence-corrected chi connectivity index (χ3v) is 3.65. The predicted octanol–water partition coefficient (Wildman–Crippen LogP) is 2.82. The van der Waals surface area contributed by atoms with E-state index in [1.165, 1.54) is 19.2 Å². The highest BCUT2D eigenvalue weighted by Gasteiger charge is 2.31. The zero-order chi connectivity index (χ0) is 16.6. The fourth-order valence-electron chi connectivity index (χ4n) is 2.25. The van der Waals surface area contributed by atoms with Gasteiger partial charge in [0.25, 0.3) is 5.91 Å². The number of aryl methyl sites for hydroxylation is 1. The minimum atomic E-state index is -1.16. The van der Waals surface area contributed by atoms with Crippen LogP contribution in [0.4, 0.5) is 5.69 Å². The third kappa shape index (κ3) is 3.03. The van der Waals surface area contributed by atoms with Crippen LogP contribution in [0.1, 0.15) is 51.3 Å². The standard InChI is InChI=1S/C16H16N2O5/c1-8-13(23-15(17-8)9-3-4-9)14(19)18-12-6-5-10(22-2)7-11(12)16(20)21/h5-7,9H,3-4H2,1-2H3,(H,18,19)(H,20,21). The SMILES string of the molecule is COc1ccc(NC(=O)c2oc(C3CC3)nc2C)c(C(=O)O)c1. The number of anilines is 1. The molecule has 0 atom stereocenters. The third-order valence-electron chi connectivity index (χ3n) is 3.65. The van der Waals surface area contributed by atoms with E-state index in [4.69, 9.17) is 9.15 Å². The number of carbonyl (C=O) groups is 2. The minimum absolute atomic E-state index is 0.0581. The fourth-order valence-corrected chi connectivity index (χ4v) is 2.25. The number of hydrogen-bond donors (Lipinski definition) is 2. The van der Waals surface area contributed by atoms with Crippen molar-refractivity contribution in [3.63, 3.8) is 0 Å². The smallest absolute Gasteiger partial charge is 0.337 e. The number of aromatic carboxylic acids is 1. The van der Waals surface area contributed by atoms with Gasteiger partial charge in [-0.1, -0.05) is 0 Å². The van der Waals surface area contributed by atoms with Gasteiger partial charge in [0.2, 0.25) is 5.76 Å². The lowest BCUT2D eigenvalue weighted by molar-refractivity contribution is 0.0697. The summed E-state index contributed by atoms with van der Waals surface area (Å²) in [5, 5.41) is 11.8. The Morgan fingerprint density at radius 1 is 1.39 bits per heavy atom. The maximum atomic E-state index is 12.4. The molecule has 0 bridgehead atoms. The number of hydrogen-bond acceptors (Lipinski definition) is 5. The van der Waals surface area contributed by atoms with Crippen LogP contribution in [0, 0.1) is 6.92 Å². The maximum Gasteiger partial charge on any atom is 0.337 e. The normalized spacial score (nSPS) is 13.7. The lowest BCUT2D eigenvalue weighted by atomic mass is 10.1. The van der Waals surface area contributed by atoms with Gasteiger partial charge in [-0.15, -0.1) is 0 Å². The molecule has 7 heteroatoms. The van der Waals surface area contributed by atoms with E-state index in [9.17, 15) is 14.7 Å². The monoisotopic (exact) mass is 316 g/mol. The van der Waals surface area contributed by atoms with Gasteiger partial charge in [0.15, 0.2) is 5.89 Å². The highest BCUT2D eigenvalue weighted by Crippen LogP contribution is 2.40. The van der Waals surface area contributed by atoms with Crippen LogP contribution in [-0.2, 0) is 0 Å². The number of carboxylic acids is 1. The van der Waals surface area contributed by atoms with Crippen molar-refractivity contribution in [3.05, 3.63) is 41.1 Å². The van der Waals surface area contributed by atoms with Crippen molar-refractivity contribution in [3.8, 4) is 5.75 Å². The second kappa shape index (κ2) is 5.75. The average Bonchev–Trinajstić information content (AvgIpc) is 3.30. The van der Waals surface area contributed by atoms with Crippen LogP contribution in [0.3, 0.4) is 0 Å². The Morgan fingerprint density at radius 2 is 2.13 bits per heavy atom. The van der Waals surface area contributed by atoms with Crippen LogP contribution < -0.4 is 10.1 Å². The molecule has 1 heterocycles. The lowest BCUT2D eigenvalue weighted by Gasteiger charge is -2.09. The fraction of sp³-hybridized carbons (Fsp3) is 0.312. The number of nitrogens with one attached hydrogen (secondary N) is 1. The molecule has 1 aromatic heterocycles. The lowest BCUT2D eigenvalue weighted by Crippen LogP contribution is -2.15. The minimum Gasteiger partial charge on any atom is -0.497 e. The van der Waals surface area contributed by atoms with Gasteiger partial charge in [0.05, 0.1) is 24.1 Å². The number of nitrogens with zero attached hydrogens (tertiary/aromatic N) is 1. The van der Waals surface area contributed by atoms with Crippen LogP contribution in [0.25, 0.3) is 0 Å². The molecule has 1 aliphatic rings. The van der Waals surface area contributed by atoms with E-state index < -0.39 is 11.9 Å². The van der Waals surface area contributed by atoms with Gasteiger partial charge in [-0.05, 0) is 38.0 Å². The molecular formula is C16H16N2O5. The molecule has 0 spiro atoms. The first kappa shape index (κ1) is 15.1. The Balaban J connectivity index is 1.86. The van der Waals surface area contributed by atoms with Gasteiger partial charge in [0, 0.05) is 5.92 Å². The van der Waals surface area contributed by atoms with Crippen molar-refractivity contribution in [2.75, 3.05) is 12.4 Å². The summed E-state index contributed by atoms with van der Waals surface area (Å²) < 4.78 is 10.5. The van der Waals surface area contributed by atoms with Crippen LogP contribution in [0.2, 0.25) is 0 Å². The van der Waals surface area contributed by atoms with E-state index in [0.717, 1.165) is 12.8 Å². The van der Waals surface area contributed by atoms with E-state index in [0.29, 0.717) is 23.3 Å². The van der Waals surface area contributed by atoms with E-state index in [1.807, 2.05) is 0 Å². The van der Waals surface area contributed by atoms with E-state index >= 15 is 0 Å². The Morgan fingerprint density at radius 3 is 2.74 bits per heavy atom. The number of ether oxygens (including phenoxy) is 1. The molecule has 3 rings (SSSR count). The molecule has 1 fully saturated rings. The summed E-state index contributed by atoms with van der Waals surface area (Å²) >= 11 is 0. The number of methoxy groups -OCH3 is 1. The summed E-state index contributed by atoms with van der Waals surface area (Å²) in [4.78, 5) is 27.9. The average molecular weight is 316 g/mol. The predicted molar refractivity (Wildman–Crippen MR) is 81.1 cm³/mol. The highest BCUT2D eigenvalue weighted by molar-refractivity contribution is 6.07. The van der Waals surface area contributed by atoms with Crippen molar-refractivity contribution in [2.45, 2.75) is 25.7 Å². The van der Waals surface area contributed by atoms with Gasteiger partial charge in [-0.3, -0.25) is 4.79 Å². The zero-order valence-electron chi connectivity index (χ0n) is 12.8. The Bertz CT molecular complexity index is 777. The zero-order valence-corrected chi connectivity index (χ0v) is 12.8. The first-order valence-corrected chi connectivity index (χ1v) is 7.19. The van der Waals surface area contributed by atoms with E-state index in [2.05, 4.69) is 10.3 Å². The van der Waals surface area contributed by atoms with Crippen LogP contribution in [-0.4, -0.2) is 29.1 Å². The quantitative estimate of drug-likeness (QED) is 0.879. The van der Waals surface area contributed by atoms with Crippen LogP contribution >= 0.6 is 0 Å². The molecule has 2 aromatic rings. The maximum absolute atomic E-state index is 12.4. The van der Waals surface area contributed by atoms with Crippen molar-refractivity contribution >= 4 is 17.6 Å². The molecule has 0 unspecified atom stereocenters. The second-order valence-corrected chi connectivity index (χ2v) is 5.41. The van der Waals surface area contributed by atoms with Crippen molar-refractivity contribution in [1.82, 2.24) is 4.98 Å². The summed E-state index contributed by atoms with van der Waals surface area (Å²) in [6.07, 6.45) is 2.03. The molecular weight excluding hydrogens is 300 g/mol. The largest absolute Gasteiger partial charge is 0.497 e. The first-order chi connectivity index (χ1) is 11.0. The summed E-state index contributed by atoms with van der Waals surface area (Å²) in [5.74, 6) is -0.306. The van der Waals surface area contributed by atoms with Gasteiger partial charge >= 0.3 is 5.97 Å². The number of rotatable bonds is 5. The summed E-state index contributed by atoms with van der Waals surface area (Å²) in [6, 6.07) is 4.40. The molecule has 1 amide bonds. The van der Waals surface area contributed by atoms with Crippen molar-refractivity contribution < 1.29 is 23.8 Å². The van der Waals surface area contributed by atoms with Gasteiger partial charge in [0.1, 0.15) is 5.75 Å². The molecule has 0 radical (unpaired) electrons. The van der Waals surface area contributed by atoms with Gasteiger partial charge in [-0.2, -0.15) is 0 Å². The van der Waals surface area contributed by atoms with Gasteiger partial charge < -0.3 is 19.6 Å². The van der Waals surface area contributed by atoms with E-state index in [1.54, 1.807) is 13.0 Å². The molecule has 0 aliphatic heterocycles. The molecule has 2 N–H and O–H groups in total. The topological polar surface area (TPSA) is 102 Å². The summed E-state index contributed by atoms with van der Waals surface area (Å²) in [7, 11) is 1.44. The number of oxazole rings is 1. The number of carboxylic acid groups (broad SMARTS) is 1. The van der Waals surface area contributed by atoms with Crippen molar-refractivity contribution in [1.29, 1.82) is 0 Å². The Hall–Kier alpha value is -2.83. The molecule has 1 aromatic carbocycles. The van der Waals surface area contributed by atoms with Gasteiger partial charge in [-0.25, -0.2) is 9.78 Å². The van der Waals surface area contributed by atoms with Crippen LogP contribution in [0.15, 0.2) is 22.6 Å². The Kier molecular flexibility index (Phi) is 3.77. The molecule has 120 valence electrons. The molecule has 7 nitrogen and oxygen atoms in total. The van der Waals surface area contributed by atoms with Crippen molar-refractivity contribution in [2.24, 2.45) is 0 Å². The number of aromatic nitrogens is 1.